The van der Waals surface area contributed by atoms with Gasteiger partial charge in [0.1, 0.15) is 11.6 Å². The highest BCUT2D eigenvalue weighted by atomic mass is 16.5. The van der Waals surface area contributed by atoms with Crippen LogP contribution in [0.25, 0.3) is 6.08 Å². The summed E-state index contributed by atoms with van der Waals surface area (Å²) in [6, 6.07) is 14.9. The zero-order valence-electron chi connectivity index (χ0n) is 19.4. The Morgan fingerprint density at radius 2 is 1.75 bits per heavy atom. The van der Waals surface area contributed by atoms with Crippen molar-refractivity contribution >= 4 is 17.7 Å². The highest BCUT2D eigenvalue weighted by Crippen LogP contribution is 2.30. The number of hydrogen-bond donors (Lipinski definition) is 1. The van der Waals surface area contributed by atoms with Crippen molar-refractivity contribution in [3.63, 3.8) is 0 Å². The SMILES string of the molecule is CCCCCCCCOc1ccc(C=C(C#N)C(=O)Nc2ccccc2C)cc1OCC. The van der Waals surface area contributed by atoms with Gasteiger partial charge in [-0.2, -0.15) is 5.26 Å². The van der Waals surface area contributed by atoms with Crippen LogP contribution in [0.2, 0.25) is 0 Å². The van der Waals surface area contributed by atoms with Crippen LogP contribution in [0.4, 0.5) is 5.69 Å². The van der Waals surface area contributed by atoms with E-state index in [1.165, 1.54) is 25.7 Å². The molecule has 0 radical (unpaired) electrons. The lowest BCUT2D eigenvalue weighted by atomic mass is 10.1. The third-order valence-electron chi connectivity index (χ3n) is 5.09. The van der Waals surface area contributed by atoms with Gasteiger partial charge in [-0.05, 0) is 55.7 Å². The molecule has 2 aromatic carbocycles. The normalized spacial score (nSPS) is 11.0. The van der Waals surface area contributed by atoms with Crippen LogP contribution in [-0.2, 0) is 4.79 Å². The van der Waals surface area contributed by atoms with Crippen LogP contribution in [0.15, 0.2) is 48.0 Å². The Labute approximate surface area is 192 Å². The molecule has 2 rings (SSSR count). The van der Waals surface area contributed by atoms with Gasteiger partial charge in [-0.25, -0.2) is 0 Å². The average Bonchev–Trinajstić information content (AvgIpc) is 2.79. The highest BCUT2D eigenvalue weighted by Gasteiger charge is 2.12. The van der Waals surface area contributed by atoms with E-state index < -0.39 is 5.91 Å². The number of anilines is 1. The molecular formula is C27H34N2O3. The molecule has 0 heterocycles. The smallest absolute Gasteiger partial charge is 0.266 e. The number of carbonyl (C=O) groups is 1. The zero-order chi connectivity index (χ0) is 23.2. The van der Waals surface area contributed by atoms with Gasteiger partial charge in [-0.3, -0.25) is 4.79 Å². The van der Waals surface area contributed by atoms with E-state index in [-0.39, 0.29) is 5.57 Å². The quantitative estimate of drug-likeness (QED) is 0.217. The number of carbonyl (C=O) groups excluding carboxylic acids is 1. The molecule has 2 aromatic rings. The van der Waals surface area contributed by atoms with Crippen LogP contribution in [-0.4, -0.2) is 19.1 Å². The molecule has 0 unspecified atom stereocenters. The molecular weight excluding hydrogens is 400 g/mol. The minimum absolute atomic E-state index is 0.0245. The monoisotopic (exact) mass is 434 g/mol. The molecule has 5 nitrogen and oxygen atoms in total. The molecule has 5 heteroatoms. The van der Waals surface area contributed by atoms with Crippen LogP contribution in [0.5, 0.6) is 11.5 Å². The number of rotatable bonds is 13. The summed E-state index contributed by atoms with van der Waals surface area (Å²) in [5.41, 5.74) is 2.35. The van der Waals surface area contributed by atoms with Crippen molar-refractivity contribution in [1.82, 2.24) is 0 Å². The maximum atomic E-state index is 12.6. The number of para-hydroxylation sites is 1. The summed E-state index contributed by atoms with van der Waals surface area (Å²) in [7, 11) is 0. The van der Waals surface area contributed by atoms with E-state index >= 15 is 0 Å². The molecule has 0 aromatic heterocycles. The Morgan fingerprint density at radius 1 is 1.00 bits per heavy atom. The molecule has 0 aliphatic rings. The minimum atomic E-state index is -0.442. The Bertz CT molecular complexity index is 944. The standard InChI is InChI=1S/C27H34N2O3/c1-4-6-7-8-9-12-17-32-25-16-15-22(19-26(25)31-5-2)18-23(20-28)27(30)29-24-14-11-10-13-21(24)3/h10-11,13-16,18-19H,4-9,12,17H2,1-3H3,(H,29,30). The van der Waals surface area contributed by atoms with Gasteiger partial charge < -0.3 is 14.8 Å². The van der Waals surface area contributed by atoms with Crippen molar-refractivity contribution < 1.29 is 14.3 Å². The molecule has 0 spiro atoms. The summed E-state index contributed by atoms with van der Waals surface area (Å²) < 4.78 is 11.7. The molecule has 0 atom stereocenters. The molecule has 1 N–H and O–H groups in total. The first-order valence-corrected chi connectivity index (χ1v) is 11.5. The third-order valence-corrected chi connectivity index (χ3v) is 5.09. The largest absolute Gasteiger partial charge is 0.490 e. The molecule has 1 amide bonds. The van der Waals surface area contributed by atoms with E-state index in [0.717, 1.165) is 18.4 Å². The molecule has 0 saturated carbocycles. The fraction of sp³-hybridized carbons (Fsp3) is 0.407. The van der Waals surface area contributed by atoms with Crippen molar-refractivity contribution in [2.45, 2.75) is 59.3 Å². The molecule has 0 fully saturated rings. The number of benzene rings is 2. The second kappa shape index (κ2) is 13.9. The summed E-state index contributed by atoms with van der Waals surface area (Å²) in [5.74, 6) is 0.854. The van der Waals surface area contributed by atoms with E-state index in [2.05, 4.69) is 12.2 Å². The van der Waals surface area contributed by atoms with Crippen molar-refractivity contribution in [3.05, 3.63) is 59.2 Å². The lowest BCUT2D eigenvalue weighted by Crippen LogP contribution is -2.14. The van der Waals surface area contributed by atoms with Gasteiger partial charge in [0, 0.05) is 5.69 Å². The Hall–Kier alpha value is -3.26. The van der Waals surface area contributed by atoms with Crippen molar-refractivity contribution in [2.75, 3.05) is 18.5 Å². The van der Waals surface area contributed by atoms with Gasteiger partial charge in [0.2, 0.25) is 0 Å². The van der Waals surface area contributed by atoms with Gasteiger partial charge in [0.05, 0.1) is 13.2 Å². The predicted octanol–water partition coefficient (Wildman–Crippen LogP) is 6.68. The number of aryl methyl sites for hydroxylation is 1. The fourth-order valence-corrected chi connectivity index (χ4v) is 3.28. The number of hydrogen-bond acceptors (Lipinski definition) is 4. The van der Waals surface area contributed by atoms with E-state index in [4.69, 9.17) is 9.47 Å². The van der Waals surface area contributed by atoms with Crippen LogP contribution in [0.1, 0.15) is 63.5 Å². The number of nitrogens with zero attached hydrogens (tertiary/aromatic N) is 1. The van der Waals surface area contributed by atoms with Crippen molar-refractivity contribution in [2.24, 2.45) is 0 Å². The van der Waals surface area contributed by atoms with E-state index in [9.17, 15) is 10.1 Å². The lowest BCUT2D eigenvalue weighted by Gasteiger charge is -2.13. The fourth-order valence-electron chi connectivity index (χ4n) is 3.28. The number of nitrogens with one attached hydrogen (secondary N) is 1. The van der Waals surface area contributed by atoms with E-state index in [1.54, 1.807) is 12.1 Å². The number of amides is 1. The maximum Gasteiger partial charge on any atom is 0.266 e. The molecule has 32 heavy (non-hydrogen) atoms. The van der Waals surface area contributed by atoms with Crippen molar-refractivity contribution in [1.29, 1.82) is 5.26 Å². The third kappa shape index (κ3) is 8.11. The summed E-state index contributed by atoms with van der Waals surface area (Å²) >= 11 is 0. The zero-order valence-corrected chi connectivity index (χ0v) is 19.4. The number of unbranched alkanes of at least 4 members (excludes halogenated alkanes) is 5. The van der Waals surface area contributed by atoms with E-state index in [1.807, 2.05) is 56.3 Å². The van der Waals surface area contributed by atoms with Gasteiger partial charge in [0.25, 0.3) is 5.91 Å². The average molecular weight is 435 g/mol. The minimum Gasteiger partial charge on any atom is -0.490 e. The molecule has 0 aliphatic carbocycles. The summed E-state index contributed by atoms with van der Waals surface area (Å²) in [6.07, 6.45) is 8.78. The summed E-state index contributed by atoms with van der Waals surface area (Å²) in [4.78, 5) is 12.6. The number of nitriles is 1. The first-order valence-electron chi connectivity index (χ1n) is 11.5. The summed E-state index contributed by atoms with van der Waals surface area (Å²) in [5, 5.41) is 12.3. The van der Waals surface area contributed by atoms with Crippen LogP contribution < -0.4 is 14.8 Å². The van der Waals surface area contributed by atoms with Crippen LogP contribution in [0.3, 0.4) is 0 Å². The van der Waals surface area contributed by atoms with Crippen LogP contribution >= 0.6 is 0 Å². The lowest BCUT2D eigenvalue weighted by molar-refractivity contribution is -0.112. The second-order valence-electron chi connectivity index (χ2n) is 7.69. The highest BCUT2D eigenvalue weighted by molar-refractivity contribution is 6.10. The van der Waals surface area contributed by atoms with Crippen molar-refractivity contribution in [3.8, 4) is 17.6 Å². The predicted molar refractivity (Wildman–Crippen MR) is 130 cm³/mol. The molecule has 0 saturated heterocycles. The van der Waals surface area contributed by atoms with Crippen LogP contribution in [0, 0.1) is 18.3 Å². The maximum absolute atomic E-state index is 12.6. The van der Waals surface area contributed by atoms with Gasteiger partial charge in [0.15, 0.2) is 11.5 Å². The number of ether oxygens (including phenoxy) is 2. The molecule has 0 aliphatic heterocycles. The second-order valence-corrected chi connectivity index (χ2v) is 7.69. The summed E-state index contributed by atoms with van der Waals surface area (Å²) in [6.45, 7) is 7.18. The Balaban J connectivity index is 2.05. The first-order chi connectivity index (χ1) is 15.6. The van der Waals surface area contributed by atoms with Gasteiger partial charge in [-0.15, -0.1) is 0 Å². The topological polar surface area (TPSA) is 71.3 Å². The van der Waals surface area contributed by atoms with Gasteiger partial charge in [-0.1, -0.05) is 63.3 Å². The van der Waals surface area contributed by atoms with E-state index in [0.29, 0.717) is 36.0 Å². The Morgan fingerprint density at radius 3 is 2.47 bits per heavy atom. The Kier molecular flexibility index (Phi) is 10.9. The first kappa shape index (κ1) is 25.0. The molecule has 0 bridgehead atoms. The molecule has 170 valence electrons. The van der Waals surface area contributed by atoms with Gasteiger partial charge >= 0.3 is 0 Å².